The van der Waals surface area contributed by atoms with E-state index in [9.17, 15) is 4.79 Å². The van der Waals surface area contributed by atoms with Gasteiger partial charge in [-0.2, -0.15) is 0 Å². The Labute approximate surface area is 98.4 Å². The smallest absolute Gasteiger partial charge is 0.282 e. The highest BCUT2D eigenvalue weighted by molar-refractivity contribution is 7.12. The molecule has 0 unspecified atom stereocenters. The average molecular weight is 232 g/mol. The van der Waals surface area contributed by atoms with Crippen LogP contribution in [0.2, 0.25) is 0 Å². The largest absolute Gasteiger partial charge is 0.343 e. The molecule has 0 bridgehead atoms. The molecule has 82 valence electrons. The Morgan fingerprint density at radius 2 is 1.94 bits per heavy atom. The van der Waals surface area contributed by atoms with Crippen LogP contribution in [0.3, 0.4) is 0 Å². The SMILES string of the molecule is CN(C)C(=O)c1nc(-c2ccccc2)cs1. The molecule has 1 heterocycles. The molecule has 0 fully saturated rings. The Bertz CT molecular complexity index is 491. The van der Waals surface area contributed by atoms with E-state index in [0.29, 0.717) is 5.01 Å². The molecule has 4 heteroatoms. The first-order chi connectivity index (χ1) is 7.68. The van der Waals surface area contributed by atoms with Crippen LogP contribution >= 0.6 is 11.3 Å². The topological polar surface area (TPSA) is 33.2 Å². The lowest BCUT2D eigenvalue weighted by Crippen LogP contribution is -2.21. The molecule has 0 aliphatic carbocycles. The van der Waals surface area contributed by atoms with Crippen molar-refractivity contribution in [2.24, 2.45) is 0 Å². The number of thiazole rings is 1. The van der Waals surface area contributed by atoms with Crippen molar-refractivity contribution in [1.82, 2.24) is 9.88 Å². The number of hydrogen-bond acceptors (Lipinski definition) is 3. The van der Waals surface area contributed by atoms with Crippen molar-refractivity contribution in [3.05, 3.63) is 40.7 Å². The van der Waals surface area contributed by atoms with E-state index in [0.717, 1.165) is 11.3 Å². The minimum atomic E-state index is -0.0489. The molecule has 16 heavy (non-hydrogen) atoms. The molecule has 0 atom stereocenters. The van der Waals surface area contributed by atoms with Gasteiger partial charge in [0.25, 0.3) is 5.91 Å². The normalized spacial score (nSPS) is 10.1. The lowest BCUT2D eigenvalue weighted by Gasteiger charge is -2.06. The van der Waals surface area contributed by atoms with Gasteiger partial charge in [-0.1, -0.05) is 30.3 Å². The number of amides is 1. The maximum atomic E-state index is 11.7. The van der Waals surface area contributed by atoms with Gasteiger partial charge in [-0.15, -0.1) is 11.3 Å². The molecule has 1 amide bonds. The second-order valence-corrected chi connectivity index (χ2v) is 4.46. The number of carbonyl (C=O) groups excluding carboxylic acids is 1. The minimum Gasteiger partial charge on any atom is -0.343 e. The van der Waals surface area contributed by atoms with Gasteiger partial charge in [0.1, 0.15) is 0 Å². The molecule has 3 nitrogen and oxygen atoms in total. The van der Waals surface area contributed by atoms with Crippen LogP contribution in [0.1, 0.15) is 9.80 Å². The van der Waals surface area contributed by atoms with Gasteiger partial charge in [-0.3, -0.25) is 4.79 Å². The third kappa shape index (κ3) is 2.12. The quantitative estimate of drug-likeness (QED) is 0.797. The van der Waals surface area contributed by atoms with E-state index >= 15 is 0 Å². The molecule has 0 aliphatic heterocycles. The number of aromatic nitrogens is 1. The fraction of sp³-hybridized carbons (Fsp3) is 0.167. The van der Waals surface area contributed by atoms with E-state index in [-0.39, 0.29) is 5.91 Å². The van der Waals surface area contributed by atoms with Crippen molar-refractivity contribution < 1.29 is 4.79 Å². The van der Waals surface area contributed by atoms with Crippen molar-refractivity contribution in [3.63, 3.8) is 0 Å². The number of carbonyl (C=O) groups is 1. The molecule has 1 aromatic carbocycles. The van der Waals surface area contributed by atoms with Crippen LogP contribution in [-0.4, -0.2) is 29.9 Å². The molecule has 2 rings (SSSR count). The highest BCUT2D eigenvalue weighted by atomic mass is 32.1. The van der Waals surface area contributed by atoms with Crippen LogP contribution in [0.15, 0.2) is 35.7 Å². The zero-order valence-corrected chi connectivity index (χ0v) is 9.99. The van der Waals surface area contributed by atoms with E-state index in [1.54, 1.807) is 14.1 Å². The van der Waals surface area contributed by atoms with Crippen LogP contribution in [0.4, 0.5) is 0 Å². The third-order valence-corrected chi connectivity index (χ3v) is 2.99. The predicted molar refractivity (Wildman–Crippen MR) is 65.6 cm³/mol. The zero-order valence-electron chi connectivity index (χ0n) is 9.18. The molecular formula is C12H12N2OS. The molecule has 0 aliphatic rings. The zero-order chi connectivity index (χ0) is 11.5. The van der Waals surface area contributed by atoms with Crippen molar-refractivity contribution in [1.29, 1.82) is 0 Å². The number of nitrogens with zero attached hydrogens (tertiary/aromatic N) is 2. The predicted octanol–water partition coefficient (Wildman–Crippen LogP) is 2.51. The summed E-state index contributed by atoms with van der Waals surface area (Å²) in [6.45, 7) is 0. The monoisotopic (exact) mass is 232 g/mol. The summed E-state index contributed by atoms with van der Waals surface area (Å²) in [5, 5.41) is 2.44. The van der Waals surface area contributed by atoms with Crippen LogP contribution in [0.5, 0.6) is 0 Å². The van der Waals surface area contributed by atoms with Gasteiger partial charge in [0.05, 0.1) is 5.69 Å². The maximum Gasteiger partial charge on any atom is 0.282 e. The van der Waals surface area contributed by atoms with Gasteiger partial charge in [0.2, 0.25) is 0 Å². The molecule has 1 aromatic heterocycles. The van der Waals surface area contributed by atoms with E-state index in [1.807, 2.05) is 35.7 Å². The Kier molecular flexibility index (Phi) is 3.01. The van der Waals surface area contributed by atoms with Gasteiger partial charge in [0.15, 0.2) is 5.01 Å². The first-order valence-electron chi connectivity index (χ1n) is 4.91. The van der Waals surface area contributed by atoms with Crippen LogP contribution in [-0.2, 0) is 0 Å². The number of benzene rings is 1. The summed E-state index contributed by atoms with van der Waals surface area (Å²) >= 11 is 1.38. The number of hydrogen-bond donors (Lipinski definition) is 0. The van der Waals surface area contributed by atoms with Crippen molar-refractivity contribution in [2.45, 2.75) is 0 Å². The molecule has 0 spiro atoms. The highest BCUT2D eigenvalue weighted by Crippen LogP contribution is 2.21. The van der Waals surface area contributed by atoms with Crippen LogP contribution in [0.25, 0.3) is 11.3 Å². The molecule has 0 saturated carbocycles. The number of rotatable bonds is 2. The molecule has 0 radical (unpaired) electrons. The first kappa shape index (κ1) is 10.8. The Hall–Kier alpha value is -1.68. The fourth-order valence-electron chi connectivity index (χ4n) is 1.30. The van der Waals surface area contributed by atoms with E-state index < -0.39 is 0 Å². The van der Waals surface area contributed by atoms with E-state index in [1.165, 1.54) is 16.2 Å². The molecular weight excluding hydrogens is 220 g/mol. The van der Waals surface area contributed by atoms with Crippen LogP contribution < -0.4 is 0 Å². The second-order valence-electron chi connectivity index (χ2n) is 3.60. The summed E-state index contributed by atoms with van der Waals surface area (Å²) in [5.74, 6) is -0.0489. The highest BCUT2D eigenvalue weighted by Gasteiger charge is 2.13. The van der Waals surface area contributed by atoms with E-state index in [2.05, 4.69) is 4.98 Å². The Balaban J connectivity index is 2.30. The minimum absolute atomic E-state index is 0.0489. The van der Waals surface area contributed by atoms with Gasteiger partial charge >= 0.3 is 0 Å². The lowest BCUT2D eigenvalue weighted by atomic mass is 10.2. The van der Waals surface area contributed by atoms with E-state index in [4.69, 9.17) is 0 Å². The van der Waals surface area contributed by atoms with Gasteiger partial charge in [-0.05, 0) is 0 Å². The molecule has 0 saturated heterocycles. The van der Waals surface area contributed by atoms with Crippen molar-refractivity contribution in [3.8, 4) is 11.3 Å². The second kappa shape index (κ2) is 4.45. The molecule has 0 N–H and O–H groups in total. The van der Waals surface area contributed by atoms with Gasteiger partial charge in [0, 0.05) is 25.0 Å². The van der Waals surface area contributed by atoms with Crippen molar-refractivity contribution >= 4 is 17.2 Å². The summed E-state index contributed by atoms with van der Waals surface area (Å²) in [7, 11) is 3.46. The summed E-state index contributed by atoms with van der Waals surface area (Å²) in [5.41, 5.74) is 1.90. The Morgan fingerprint density at radius 1 is 1.25 bits per heavy atom. The van der Waals surface area contributed by atoms with Crippen LogP contribution in [0, 0.1) is 0 Å². The summed E-state index contributed by atoms with van der Waals surface area (Å²) in [6, 6.07) is 9.85. The lowest BCUT2D eigenvalue weighted by molar-refractivity contribution is 0.0827. The van der Waals surface area contributed by atoms with Gasteiger partial charge in [-0.25, -0.2) is 4.98 Å². The maximum absolute atomic E-state index is 11.7. The summed E-state index contributed by atoms with van der Waals surface area (Å²) in [6.07, 6.45) is 0. The Morgan fingerprint density at radius 3 is 2.56 bits per heavy atom. The standard InChI is InChI=1S/C12H12N2OS/c1-14(2)12(15)11-13-10(8-16-11)9-6-4-3-5-7-9/h3-8H,1-2H3. The molecule has 2 aromatic rings. The third-order valence-electron chi connectivity index (χ3n) is 2.16. The summed E-state index contributed by atoms with van der Waals surface area (Å²) < 4.78 is 0. The fourth-order valence-corrected chi connectivity index (χ4v) is 2.15. The summed E-state index contributed by atoms with van der Waals surface area (Å²) in [4.78, 5) is 17.5. The average Bonchev–Trinajstić information content (AvgIpc) is 2.78. The first-order valence-corrected chi connectivity index (χ1v) is 5.79. The van der Waals surface area contributed by atoms with Gasteiger partial charge < -0.3 is 4.90 Å². The van der Waals surface area contributed by atoms with Crippen molar-refractivity contribution in [2.75, 3.05) is 14.1 Å².